The van der Waals surface area contributed by atoms with Crippen LogP contribution in [-0.4, -0.2) is 29.8 Å². The summed E-state index contributed by atoms with van der Waals surface area (Å²) in [6.07, 6.45) is 3.26. The van der Waals surface area contributed by atoms with Crippen molar-refractivity contribution in [2.75, 3.05) is 10.6 Å². The van der Waals surface area contributed by atoms with Gasteiger partial charge in [0.25, 0.3) is 5.91 Å². The van der Waals surface area contributed by atoms with E-state index in [1.54, 1.807) is 0 Å². The van der Waals surface area contributed by atoms with Gasteiger partial charge in [0.15, 0.2) is 0 Å². The van der Waals surface area contributed by atoms with Crippen LogP contribution in [0.3, 0.4) is 0 Å². The highest BCUT2D eigenvalue weighted by atomic mass is 32.1. The molecule has 0 bridgehead atoms. The first-order valence-corrected chi connectivity index (χ1v) is 10.4. The summed E-state index contributed by atoms with van der Waals surface area (Å²) in [7, 11) is 0. The number of anilines is 2. The third-order valence-electron chi connectivity index (χ3n) is 4.63. The van der Waals surface area contributed by atoms with Gasteiger partial charge in [0.2, 0.25) is 11.8 Å². The van der Waals surface area contributed by atoms with Crippen LogP contribution in [0, 0.1) is 11.3 Å². The van der Waals surface area contributed by atoms with Crippen LogP contribution in [0.25, 0.3) is 0 Å². The minimum absolute atomic E-state index is 0.0393. The zero-order valence-electron chi connectivity index (χ0n) is 17.0. The maximum atomic E-state index is 12.6. The lowest BCUT2D eigenvalue weighted by atomic mass is 9.85. The topological polar surface area (TPSA) is 156 Å². The Morgan fingerprint density at radius 1 is 1.07 bits per heavy atom. The summed E-state index contributed by atoms with van der Waals surface area (Å²) in [6.45, 7) is 6.06. The Morgan fingerprint density at radius 2 is 1.69 bits per heavy atom. The van der Waals surface area contributed by atoms with E-state index in [-0.39, 0.29) is 39.8 Å². The van der Waals surface area contributed by atoms with E-state index in [1.807, 2.05) is 20.8 Å². The molecule has 9 nitrogen and oxygen atoms in total. The number of nitrogens with one attached hydrogen (secondary N) is 3. The van der Waals surface area contributed by atoms with E-state index in [9.17, 15) is 19.2 Å². The van der Waals surface area contributed by atoms with Gasteiger partial charge in [-0.1, -0.05) is 32.1 Å². The van der Waals surface area contributed by atoms with Crippen LogP contribution < -0.4 is 27.4 Å². The normalized spacial score (nSPS) is 19.3. The lowest BCUT2D eigenvalue weighted by molar-refractivity contribution is -0.123. The molecule has 0 aromatic carbocycles. The molecule has 0 aliphatic heterocycles. The van der Waals surface area contributed by atoms with Crippen LogP contribution in [0.5, 0.6) is 0 Å². The van der Waals surface area contributed by atoms with Crippen molar-refractivity contribution in [3.8, 4) is 0 Å². The zero-order chi connectivity index (χ0) is 21.8. The first-order valence-electron chi connectivity index (χ1n) is 9.55. The van der Waals surface area contributed by atoms with E-state index in [2.05, 4.69) is 16.0 Å². The number of amides is 5. The quantitative estimate of drug-likeness (QED) is 0.476. The highest BCUT2D eigenvalue weighted by Gasteiger charge is 2.28. The van der Waals surface area contributed by atoms with Crippen LogP contribution >= 0.6 is 11.3 Å². The molecule has 1 aromatic heterocycles. The van der Waals surface area contributed by atoms with Crippen LogP contribution in [-0.2, 0) is 9.59 Å². The summed E-state index contributed by atoms with van der Waals surface area (Å²) in [6, 6.07) is 0.691. The fourth-order valence-corrected chi connectivity index (χ4v) is 4.29. The zero-order valence-corrected chi connectivity index (χ0v) is 17.8. The molecule has 0 unspecified atom stereocenters. The largest absolute Gasteiger partial charge is 0.366 e. The van der Waals surface area contributed by atoms with Gasteiger partial charge in [0.1, 0.15) is 5.00 Å². The summed E-state index contributed by atoms with van der Waals surface area (Å²) in [5.74, 6) is -1.03. The second kappa shape index (κ2) is 9.25. The summed E-state index contributed by atoms with van der Waals surface area (Å²) in [5, 5.41) is 8.78. The van der Waals surface area contributed by atoms with Gasteiger partial charge < -0.3 is 22.1 Å². The first kappa shape index (κ1) is 22.7. The minimum Gasteiger partial charge on any atom is -0.366 e. The van der Waals surface area contributed by atoms with Crippen molar-refractivity contribution < 1.29 is 19.2 Å². The van der Waals surface area contributed by atoms with E-state index in [4.69, 9.17) is 11.5 Å². The number of hydrogen-bond acceptors (Lipinski definition) is 5. The average molecular weight is 424 g/mol. The smallest absolute Gasteiger partial charge is 0.317 e. The molecule has 10 heteroatoms. The molecule has 1 fully saturated rings. The summed E-state index contributed by atoms with van der Waals surface area (Å²) >= 11 is 1.02. The van der Waals surface area contributed by atoms with E-state index in [0.717, 1.165) is 24.2 Å². The maximum absolute atomic E-state index is 12.6. The summed E-state index contributed by atoms with van der Waals surface area (Å²) < 4.78 is 0. The van der Waals surface area contributed by atoms with E-state index >= 15 is 0 Å². The van der Waals surface area contributed by atoms with Crippen molar-refractivity contribution in [2.45, 2.75) is 58.9 Å². The Labute approximate surface area is 174 Å². The Balaban J connectivity index is 1.89. The molecule has 0 atom stereocenters. The Morgan fingerprint density at radius 3 is 2.21 bits per heavy atom. The van der Waals surface area contributed by atoms with E-state index in [0.29, 0.717) is 24.3 Å². The van der Waals surface area contributed by atoms with Crippen molar-refractivity contribution in [3.05, 3.63) is 11.6 Å². The number of primary amides is 2. The van der Waals surface area contributed by atoms with Crippen molar-refractivity contribution >= 4 is 45.1 Å². The Kier molecular flexibility index (Phi) is 7.23. The fraction of sp³-hybridized carbons (Fsp3) is 0.579. The molecule has 0 spiro atoms. The standard InChI is InChI=1S/C19H29N5O4S/c1-19(2,3)9-13(25)22-11-6-4-10(5-7-11)16(27)23-14-8-12(15(20)26)17(29-14)24-18(21)28/h8,10-11H,4-7,9H2,1-3H3,(H2,20,26)(H,22,25)(H,23,27)(H3,21,24,28). The molecule has 1 aromatic rings. The minimum atomic E-state index is -0.820. The average Bonchev–Trinajstić information content (AvgIpc) is 2.95. The van der Waals surface area contributed by atoms with E-state index < -0.39 is 11.9 Å². The second-order valence-electron chi connectivity index (χ2n) is 8.55. The van der Waals surface area contributed by atoms with Crippen molar-refractivity contribution in [1.29, 1.82) is 0 Å². The third kappa shape index (κ3) is 7.04. The van der Waals surface area contributed by atoms with Gasteiger partial charge in [-0.05, 0) is 37.2 Å². The molecule has 160 valence electrons. The molecule has 2 rings (SSSR count). The lowest BCUT2D eigenvalue weighted by Gasteiger charge is -2.29. The second-order valence-corrected chi connectivity index (χ2v) is 9.60. The molecule has 0 radical (unpaired) electrons. The number of carbonyl (C=O) groups is 4. The van der Waals surface area contributed by atoms with Gasteiger partial charge >= 0.3 is 6.03 Å². The third-order valence-corrected chi connectivity index (χ3v) is 5.60. The molecule has 1 aliphatic rings. The Hall–Kier alpha value is -2.62. The van der Waals surface area contributed by atoms with Crippen LogP contribution in [0.1, 0.15) is 63.2 Å². The summed E-state index contributed by atoms with van der Waals surface area (Å²) in [4.78, 5) is 47.2. The molecule has 5 amide bonds. The molecule has 0 saturated heterocycles. The fourth-order valence-electron chi connectivity index (χ4n) is 3.32. The predicted molar refractivity (Wildman–Crippen MR) is 113 cm³/mol. The number of thiophene rings is 1. The SMILES string of the molecule is CC(C)(C)CC(=O)NC1CCC(C(=O)Nc2cc(C(N)=O)c(NC(N)=O)s2)CC1. The van der Waals surface area contributed by atoms with Crippen molar-refractivity contribution in [2.24, 2.45) is 22.8 Å². The van der Waals surface area contributed by atoms with Gasteiger partial charge in [-0.25, -0.2) is 4.79 Å². The van der Waals surface area contributed by atoms with Crippen molar-refractivity contribution in [1.82, 2.24) is 5.32 Å². The van der Waals surface area contributed by atoms with Crippen LogP contribution in [0.4, 0.5) is 14.8 Å². The van der Waals surface area contributed by atoms with Crippen molar-refractivity contribution in [3.63, 3.8) is 0 Å². The molecule has 7 N–H and O–H groups in total. The molecule has 1 aliphatic carbocycles. The maximum Gasteiger partial charge on any atom is 0.317 e. The first-order chi connectivity index (χ1) is 13.4. The number of rotatable bonds is 6. The van der Waals surface area contributed by atoms with E-state index in [1.165, 1.54) is 6.07 Å². The number of hydrogen-bond donors (Lipinski definition) is 5. The number of nitrogens with two attached hydrogens (primary N) is 2. The molecular weight excluding hydrogens is 394 g/mol. The number of urea groups is 1. The van der Waals surface area contributed by atoms with Crippen LogP contribution in [0.2, 0.25) is 0 Å². The Bertz CT molecular complexity index is 791. The molecule has 29 heavy (non-hydrogen) atoms. The lowest BCUT2D eigenvalue weighted by Crippen LogP contribution is -2.40. The van der Waals surface area contributed by atoms with Gasteiger partial charge in [-0.15, -0.1) is 0 Å². The highest BCUT2D eigenvalue weighted by Crippen LogP contribution is 2.33. The molecule has 1 saturated carbocycles. The summed E-state index contributed by atoms with van der Waals surface area (Å²) in [5.41, 5.74) is 10.4. The van der Waals surface area contributed by atoms with Gasteiger partial charge in [0, 0.05) is 18.4 Å². The van der Waals surface area contributed by atoms with Gasteiger partial charge in [-0.3, -0.25) is 19.7 Å². The van der Waals surface area contributed by atoms with Crippen LogP contribution in [0.15, 0.2) is 6.07 Å². The number of carbonyl (C=O) groups excluding carboxylic acids is 4. The predicted octanol–water partition coefficient (Wildman–Crippen LogP) is 2.39. The molecular formula is C19H29N5O4S. The van der Waals surface area contributed by atoms with Gasteiger partial charge in [-0.2, -0.15) is 0 Å². The van der Waals surface area contributed by atoms with Gasteiger partial charge in [0.05, 0.1) is 10.6 Å². The highest BCUT2D eigenvalue weighted by molar-refractivity contribution is 7.20. The monoisotopic (exact) mass is 423 g/mol. The molecule has 1 heterocycles.